The van der Waals surface area contributed by atoms with Crippen LogP contribution in [0.1, 0.15) is 230 Å². The van der Waals surface area contributed by atoms with Gasteiger partial charge in [-0.05, 0) is 33.1 Å². The van der Waals surface area contributed by atoms with E-state index in [1.54, 1.807) is 33.4 Å². The summed E-state index contributed by atoms with van der Waals surface area (Å²) in [6.45, 7) is 9.34. The van der Waals surface area contributed by atoms with Crippen molar-refractivity contribution in [2.75, 3.05) is 0 Å². The Hall–Kier alpha value is -0.132. The van der Waals surface area contributed by atoms with Gasteiger partial charge in [0.25, 0.3) is 0 Å². The molecule has 0 unspecified atom stereocenters. The molecule has 3 aromatic rings. The van der Waals surface area contributed by atoms with Crippen molar-refractivity contribution < 1.29 is 65.4 Å². The van der Waals surface area contributed by atoms with Gasteiger partial charge in [-0.3, -0.25) is 0 Å². The van der Waals surface area contributed by atoms with Crippen LogP contribution in [0.5, 0.6) is 0 Å². The van der Waals surface area contributed by atoms with E-state index in [0.717, 1.165) is 0 Å². The minimum absolute atomic E-state index is 0. The maximum absolute atomic E-state index is 3.60. The maximum atomic E-state index is 3.60. The van der Waals surface area contributed by atoms with Crippen LogP contribution in [0.3, 0.4) is 0 Å². The van der Waals surface area contributed by atoms with E-state index in [1.165, 1.54) is 191 Å². The molecule has 2 aliphatic carbocycles. The van der Waals surface area contributed by atoms with E-state index in [2.05, 4.69) is 88.4 Å². The monoisotopic (exact) mass is 878 g/mol. The Morgan fingerprint density at radius 1 is 0.352 bits per heavy atom. The molecule has 0 amide bonds. The normalized spacial score (nSPS) is 14.1. The smallest absolute Gasteiger partial charge is 0 e. The molecule has 5 rings (SSSR count). The second kappa shape index (κ2) is 26.1. The second-order valence-electron chi connectivity index (χ2n) is 17.1. The quantitative estimate of drug-likeness (QED) is 0.0504. The van der Waals surface area contributed by atoms with Crippen molar-refractivity contribution in [1.29, 1.82) is 0 Å². The molecule has 0 fully saturated rings. The van der Waals surface area contributed by atoms with E-state index in [1.807, 2.05) is 0 Å². The second-order valence-corrected chi connectivity index (χ2v) is 17.1. The predicted octanol–water partition coefficient (Wildman–Crippen LogP) is 16.8. The third kappa shape index (κ3) is 12.0. The summed E-state index contributed by atoms with van der Waals surface area (Å²) in [4.78, 5) is 0. The van der Waals surface area contributed by atoms with Gasteiger partial charge in [0.15, 0.2) is 0 Å². The SMILES string of the molecule is CCCCCCCCC1(CCCCCCCC)c2c[c-]ccc2-c2cc3c(cc21)-c1cc[c-]cc1C3(CCCCCCCC)CCCCCCCC.[Y].[Y]. The largest absolute Gasteiger partial charge is 0.183 e. The molecule has 54 heavy (non-hydrogen) atoms. The Kier molecular flexibility index (Phi) is 23.3. The van der Waals surface area contributed by atoms with Crippen LogP contribution in [0.25, 0.3) is 22.3 Å². The van der Waals surface area contributed by atoms with Crippen LogP contribution in [0.4, 0.5) is 0 Å². The molecule has 0 bridgehead atoms. The molecule has 2 aliphatic rings. The van der Waals surface area contributed by atoms with Crippen LogP contribution in [0.2, 0.25) is 0 Å². The van der Waals surface area contributed by atoms with E-state index in [-0.39, 0.29) is 76.2 Å². The summed E-state index contributed by atoms with van der Waals surface area (Å²) in [7, 11) is 0. The van der Waals surface area contributed by atoms with Crippen molar-refractivity contribution in [1.82, 2.24) is 0 Å². The maximum Gasteiger partial charge on any atom is 0 e. The van der Waals surface area contributed by atoms with Gasteiger partial charge in [-0.25, -0.2) is 0 Å². The Morgan fingerprint density at radius 2 is 0.630 bits per heavy atom. The summed E-state index contributed by atoms with van der Waals surface area (Å²) in [5.74, 6) is 0. The molecule has 2 heteroatoms. The van der Waals surface area contributed by atoms with E-state index in [4.69, 9.17) is 0 Å². The molecule has 292 valence electrons. The fourth-order valence-electron chi connectivity index (χ4n) is 10.4. The third-order valence-electron chi connectivity index (χ3n) is 13.4. The Labute approximate surface area is 385 Å². The van der Waals surface area contributed by atoms with Crippen LogP contribution >= 0.6 is 0 Å². The molecule has 0 saturated carbocycles. The summed E-state index contributed by atoms with van der Waals surface area (Å²) < 4.78 is 0. The van der Waals surface area contributed by atoms with Crippen LogP contribution in [-0.2, 0) is 76.2 Å². The minimum atomic E-state index is 0. The number of unbranched alkanes of at least 4 members (excludes halogenated alkanes) is 20. The number of hydrogen-bond donors (Lipinski definition) is 0. The molecular weight excluding hydrogens is 802 g/mol. The summed E-state index contributed by atoms with van der Waals surface area (Å²) in [5, 5.41) is 0. The van der Waals surface area contributed by atoms with Gasteiger partial charge in [0, 0.05) is 65.4 Å². The van der Waals surface area contributed by atoms with E-state index < -0.39 is 0 Å². The molecular formula is C52H76Y2-2. The Balaban J connectivity index is 0.00000392. The van der Waals surface area contributed by atoms with Crippen molar-refractivity contribution >= 4 is 0 Å². The zero-order valence-electron chi connectivity index (χ0n) is 35.6. The summed E-state index contributed by atoms with van der Waals surface area (Å²) >= 11 is 0. The zero-order valence-corrected chi connectivity index (χ0v) is 41.2. The molecule has 2 radical (unpaired) electrons. The number of rotatable bonds is 28. The van der Waals surface area contributed by atoms with Crippen LogP contribution in [0, 0.1) is 12.1 Å². The van der Waals surface area contributed by atoms with Gasteiger partial charge < -0.3 is 0 Å². The fourth-order valence-corrected chi connectivity index (χ4v) is 10.4. The van der Waals surface area contributed by atoms with Crippen molar-refractivity contribution in [3.8, 4) is 22.3 Å². The number of fused-ring (bicyclic) bond motifs is 6. The van der Waals surface area contributed by atoms with Gasteiger partial charge in [0.2, 0.25) is 0 Å². The molecule has 0 nitrogen and oxygen atoms in total. The summed E-state index contributed by atoms with van der Waals surface area (Å²) in [6.07, 6.45) is 37.8. The predicted molar refractivity (Wildman–Crippen MR) is 229 cm³/mol. The molecule has 0 aromatic heterocycles. The zero-order chi connectivity index (χ0) is 36.5. The van der Waals surface area contributed by atoms with E-state index >= 15 is 0 Å². The summed E-state index contributed by atoms with van der Waals surface area (Å²) in [5.41, 5.74) is 12.9. The first kappa shape index (κ1) is 48.2. The Bertz CT molecular complexity index is 1330. The average molecular weight is 879 g/mol. The van der Waals surface area contributed by atoms with E-state index in [9.17, 15) is 0 Å². The number of benzene rings is 3. The van der Waals surface area contributed by atoms with Gasteiger partial charge in [-0.15, -0.1) is 22.3 Å². The van der Waals surface area contributed by atoms with Crippen LogP contribution in [-0.4, -0.2) is 0 Å². The van der Waals surface area contributed by atoms with Crippen molar-refractivity contribution in [3.05, 3.63) is 82.9 Å². The van der Waals surface area contributed by atoms with E-state index in [0.29, 0.717) is 0 Å². The fraction of sp³-hybridized carbons (Fsp3) is 0.654. The molecule has 0 aliphatic heterocycles. The van der Waals surface area contributed by atoms with Gasteiger partial charge in [0.05, 0.1) is 0 Å². The van der Waals surface area contributed by atoms with Crippen molar-refractivity contribution in [2.45, 2.75) is 218 Å². The first-order valence-corrected chi connectivity index (χ1v) is 22.9. The average Bonchev–Trinajstić information content (AvgIpc) is 3.60. The first-order valence-electron chi connectivity index (χ1n) is 22.9. The number of hydrogen-bond acceptors (Lipinski definition) is 0. The standard InChI is InChI=1S/C52H76.2Y/c1-5-9-13-17-21-29-37-51(38-30-22-18-14-10-6-2)47-35-27-25-33-43(47)45-42-50-46(41-49(45)51)44-34-26-28-36-48(44)52(50,39-31-23-19-15-11-7-3)40-32-24-20-16-12-8-4;;/h25-26,33-36,41-42H,5-24,29-32,37-40H2,1-4H3;;/q-2;;. The molecule has 0 heterocycles. The molecule has 0 N–H and O–H groups in total. The van der Waals surface area contributed by atoms with Crippen molar-refractivity contribution in [2.24, 2.45) is 0 Å². The third-order valence-corrected chi connectivity index (χ3v) is 13.4. The van der Waals surface area contributed by atoms with Gasteiger partial charge in [0.1, 0.15) is 0 Å². The topological polar surface area (TPSA) is 0 Å². The first-order chi connectivity index (χ1) is 25.7. The van der Waals surface area contributed by atoms with Gasteiger partial charge >= 0.3 is 0 Å². The minimum Gasteiger partial charge on any atom is -0.183 e. The molecule has 0 spiro atoms. The van der Waals surface area contributed by atoms with Crippen LogP contribution in [0.15, 0.2) is 48.5 Å². The van der Waals surface area contributed by atoms with Crippen molar-refractivity contribution in [3.63, 3.8) is 0 Å². The van der Waals surface area contributed by atoms with Gasteiger partial charge in [-0.2, -0.15) is 48.5 Å². The molecule has 0 saturated heterocycles. The van der Waals surface area contributed by atoms with Crippen LogP contribution < -0.4 is 0 Å². The van der Waals surface area contributed by atoms with Gasteiger partial charge in [-0.1, -0.05) is 220 Å². The molecule has 0 atom stereocenters. The summed E-state index contributed by atoms with van der Waals surface area (Å²) in [6, 6.07) is 26.8. The molecule has 3 aromatic carbocycles. The Morgan fingerprint density at radius 3 is 0.926 bits per heavy atom.